The number of carboxylic acids is 1. The van der Waals surface area contributed by atoms with Crippen molar-refractivity contribution in [2.45, 2.75) is 13.8 Å². The summed E-state index contributed by atoms with van der Waals surface area (Å²) < 4.78 is 1.50. The lowest BCUT2D eigenvalue weighted by Gasteiger charge is -2.05. The molecule has 0 spiro atoms. The van der Waals surface area contributed by atoms with E-state index in [0.29, 0.717) is 11.3 Å². The number of fused-ring (bicyclic) bond motifs is 1. The number of carboxylic acid groups (broad SMARTS) is 1. The minimum Gasteiger partial charge on any atom is -0.477 e. The van der Waals surface area contributed by atoms with Gasteiger partial charge in [-0.1, -0.05) is 24.3 Å². The smallest absolute Gasteiger partial charge is 0.354 e. The number of aromatic nitrogens is 3. The molecule has 0 aliphatic rings. The van der Waals surface area contributed by atoms with Gasteiger partial charge in [-0.25, -0.2) is 14.8 Å². The summed E-state index contributed by atoms with van der Waals surface area (Å²) in [6.45, 7) is 3.70. The summed E-state index contributed by atoms with van der Waals surface area (Å²) >= 11 is 0. The first-order valence-corrected chi connectivity index (χ1v) is 6.22. The highest BCUT2D eigenvalue weighted by atomic mass is 16.4. The van der Waals surface area contributed by atoms with Crippen LogP contribution in [0.5, 0.6) is 0 Å². The number of imidazole rings is 1. The molecule has 5 heteroatoms. The van der Waals surface area contributed by atoms with Gasteiger partial charge in [0.05, 0.1) is 11.4 Å². The van der Waals surface area contributed by atoms with E-state index in [-0.39, 0.29) is 5.69 Å². The fourth-order valence-corrected chi connectivity index (χ4v) is 2.33. The van der Waals surface area contributed by atoms with E-state index >= 15 is 0 Å². The van der Waals surface area contributed by atoms with Crippen LogP contribution in [0.15, 0.2) is 36.7 Å². The molecule has 0 bridgehead atoms. The second-order valence-corrected chi connectivity index (χ2v) is 4.67. The Labute approximate surface area is 115 Å². The predicted molar refractivity (Wildman–Crippen MR) is 74.9 cm³/mol. The van der Waals surface area contributed by atoms with E-state index in [1.807, 2.05) is 37.3 Å². The minimum atomic E-state index is -1.000. The summed E-state index contributed by atoms with van der Waals surface area (Å²) in [5, 5.41) is 9.19. The summed E-state index contributed by atoms with van der Waals surface area (Å²) in [5.41, 5.74) is 4.16. The number of benzene rings is 1. The van der Waals surface area contributed by atoms with Crippen LogP contribution in [0.4, 0.5) is 0 Å². The van der Waals surface area contributed by atoms with Gasteiger partial charge in [-0.2, -0.15) is 0 Å². The number of nitrogens with zero attached hydrogens (tertiary/aromatic N) is 3. The first-order valence-electron chi connectivity index (χ1n) is 6.22. The van der Waals surface area contributed by atoms with Gasteiger partial charge in [-0.3, -0.25) is 4.40 Å². The highest BCUT2D eigenvalue weighted by Crippen LogP contribution is 2.22. The largest absolute Gasteiger partial charge is 0.477 e. The molecule has 20 heavy (non-hydrogen) atoms. The van der Waals surface area contributed by atoms with Crippen molar-refractivity contribution in [2.24, 2.45) is 0 Å². The number of hydrogen-bond donors (Lipinski definition) is 1. The van der Waals surface area contributed by atoms with E-state index in [4.69, 9.17) is 0 Å². The van der Waals surface area contributed by atoms with E-state index in [1.165, 1.54) is 10.7 Å². The van der Waals surface area contributed by atoms with Gasteiger partial charge < -0.3 is 5.11 Å². The van der Waals surface area contributed by atoms with Crippen molar-refractivity contribution in [3.8, 4) is 11.3 Å². The van der Waals surface area contributed by atoms with Crippen molar-refractivity contribution in [3.05, 3.63) is 53.6 Å². The topological polar surface area (TPSA) is 67.5 Å². The van der Waals surface area contributed by atoms with E-state index in [1.54, 1.807) is 6.92 Å². The van der Waals surface area contributed by atoms with Crippen molar-refractivity contribution in [1.82, 2.24) is 14.4 Å². The van der Waals surface area contributed by atoms with Crippen LogP contribution in [0.3, 0.4) is 0 Å². The lowest BCUT2D eigenvalue weighted by molar-refractivity contribution is 0.0688. The van der Waals surface area contributed by atoms with Gasteiger partial charge in [0.15, 0.2) is 5.69 Å². The number of carbonyl (C=O) groups is 1. The maximum Gasteiger partial charge on any atom is 0.354 e. The maximum atomic E-state index is 11.2. The maximum absolute atomic E-state index is 11.2. The average molecular weight is 267 g/mol. The Morgan fingerprint density at radius 3 is 2.70 bits per heavy atom. The second-order valence-electron chi connectivity index (χ2n) is 4.67. The van der Waals surface area contributed by atoms with Gasteiger partial charge >= 0.3 is 5.97 Å². The van der Waals surface area contributed by atoms with Gasteiger partial charge in [-0.05, 0) is 19.4 Å². The quantitative estimate of drug-likeness (QED) is 0.775. The molecule has 0 unspecified atom stereocenters. The van der Waals surface area contributed by atoms with Gasteiger partial charge in [0, 0.05) is 11.6 Å². The molecule has 5 nitrogen and oxygen atoms in total. The molecule has 0 aliphatic carbocycles. The molecular formula is C15H13N3O2. The fourth-order valence-electron chi connectivity index (χ4n) is 2.33. The molecule has 0 atom stereocenters. The molecule has 3 aromatic rings. The number of rotatable bonds is 2. The molecule has 1 aromatic carbocycles. The normalized spacial score (nSPS) is 10.9. The molecule has 0 amide bonds. The SMILES string of the molecule is Cc1ccccc1-c1cc2nc(C)c(C(=O)O)n2cn1. The summed E-state index contributed by atoms with van der Waals surface area (Å²) in [7, 11) is 0. The van der Waals surface area contributed by atoms with Gasteiger partial charge in [0.25, 0.3) is 0 Å². The Morgan fingerprint density at radius 1 is 1.25 bits per heavy atom. The number of hydrogen-bond acceptors (Lipinski definition) is 3. The highest BCUT2D eigenvalue weighted by molar-refractivity contribution is 5.88. The lowest BCUT2D eigenvalue weighted by Crippen LogP contribution is -2.04. The van der Waals surface area contributed by atoms with Crippen LogP contribution in [0, 0.1) is 13.8 Å². The zero-order chi connectivity index (χ0) is 14.3. The molecule has 0 saturated carbocycles. The first-order chi connectivity index (χ1) is 9.58. The average Bonchev–Trinajstić information content (AvgIpc) is 2.74. The number of aryl methyl sites for hydroxylation is 2. The van der Waals surface area contributed by atoms with Gasteiger partial charge in [-0.15, -0.1) is 0 Å². The zero-order valence-corrected chi connectivity index (χ0v) is 11.2. The highest BCUT2D eigenvalue weighted by Gasteiger charge is 2.16. The first kappa shape index (κ1) is 12.3. The molecule has 0 radical (unpaired) electrons. The molecule has 0 saturated heterocycles. The summed E-state index contributed by atoms with van der Waals surface area (Å²) in [5.74, 6) is -1.000. The summed E-state index contributed by atoms with van der Waals surface area (Å²) in [4.78, 5) is 19.9. The molecule has 3 rings (SSSR count). The van der Waals surface area contributed by atoms with Crippen LogP contribution in [-0.4, -0.2) is 25.4 Å². The fraction of sp³-hybridized carbons (Fsp3) is 0.133. The van der Waals surface area contributed by atoms with Crippen LogP contribution in [0.1, 0.15) is 21.7 Å². The van der Waals surface area contributed by atoms with Crippen LogP contribution >= 0.6 is 0 Å². The molecule has 1 N–H and O–H groups in total. The van der Waals surface area contributed by atoms with Crippen LogP contribution in [0.2, 0.25) is 0 Å². The molecule has 0 fully saturated rings. The lowest BCUT2D eigenvalue weighted by atomic mass is 10.1. The predicted octanol–water partition coefficient (Wildman–Crippen LogP) is 2.71. The van der Waals surface area contributed by atoms with Gasteiger partial charge in [0.2, 0.25) is 0 Å². The Hall–Kier alpha value is -2.69. The van der Waals surface area contributed by atoms with Crippen LogP contribution in [-0.2, 0) is 0 Å². The zero-order valence-electron chi connectivity index (χ0n) is 11.2. The van der Waals surface area contributed by atoms with Crippen molar-refractivity contribution in [3.63, 3.8) is 0 Å². The van der Waals surface area contributed by atoms with Crippen LogP contribution < -0.4 is 0 Å². The standard InChI is InChI=1S/C15H13N3O2/c1-9-5-3-4-6-11(9)12-7-13-17-10(2)14(15(19)20)18(13)8-16-12/h3-8H,1-2H3,(H,19,20). The van der Waals surface area contributed by atoms with Crippen molar-refractivity contribution < 1.29 is 9.90 Å². The molecule has 2 aromatic heterocycles. The van der Waals surface area contributed by atoms with E-state index in [2.05, 4.69) is 9.97 Å². The Bertz CT molecular complexity index is 821. The van der Waals surface area contributed by atoms with Crippen molar-refractivity contribution in [1.29, 1.82) is 0 Å². The second kappa shape index (κ2) is 4.45. The molecule has 100 valence electrons. The third-order valence-electron chi connectivity index (χ3n) is 3.31. The number of aromatic carboxylic acids is 1. The molecule has 0 aliphatic heterocycles. The van der Waals surface area contributed by atoms with Gasteiger partial charge in [0.1, 0.15) is 12.0 Å². The third-order valence-corrected chi connectivity index (χ3v) is 3.31. The van der Waals surface area contributed by atoms with Crippen molar-refractivity contribution in [2.75, 3.05) is 0 Å². The van der Waals surface area contributed by atoms with E-state index < -0.39 is 5.97 Å². The summed E-state index contributed by atoms with van der Waals surface area (Å²) in [6.07, 6.45) is 1.51. The molecule has 2 heterocycles. The Morgan fingerprint density at radius 2 is 2.00 bits per heavy atom. The van der Waals surface area contributed by atoms with E-state index in [0.717, 1.165) is 16.8 Å². The minimum absolute atomic E-state index is 0.156. The van der Waals surface area contributed by atoms with Crippen LogP contribution in [0.25, 0.3) is 16.9 Å². The Kier molecular flexibility index (Phi) is 2.75. The third kappa shape index (κ3) is 1.84. The van der Waals surface area contributed by atoms with Crippen molar-refractivity contribution >= 4 is 11.6 Å². The Balaban J connectivity index is 2.23. The monoisotopic (exact) mass is 267 g/mol. The van der Waals surface area contributed by atoms with E-state index in [9.17, 15) is 9.90 Å². The summed E-state index contributed by atoms with van der Waals surface area (Å²) in [6, 6.07) is 9.73. The molecular weight excluding hydrogens is 254 g/mol.